The van der Waals surface area contributed by atoms with Gasteiger partial charge in [-0.3, -0.25) is 13.8 Å². The van der Waals surface area contributed by atoms with Gasteiger partial charge in [-0.15, -0.1) is 0 Å². The molecule has 2 N–H and O–H groups in total. The Labute approximate surface area is 244 Å². The summed E-state index contributed by atoms with van der Waals surface area (Å²) in [6.07, 6.45) is 0. The van der Waals surface area contributed by atoms with Gasteiger partial charge in [0, 0.05) is 16.4 Å². The number of nitrogens with zero attached hydrogens (tertiary/aromatic N) is 1. The zero-order valence-electron chi connectivity index (χ0n) is 22.2. The fourth-order valence-corrected chi connectivity index (χ4v) is 6.47. The lowest BCUT2D eigenvalue weighted by Gasteiger charge is -2.26. The van der Waals surface area contributed by atoms with Crippen LogP contribution in [0.5, 0.6) is 5.75 Å². The summed E-state index contributed by atoms with van der Waals surface area (Å²) in [6.45, 7) is 3.37. The molecule has 214 valence electrons. The van der Waals surface area contributed by atoms with E-state index in [0.29, 0.717) is 10.7 Å². The monoisotopic (exact) mass is 613 g/mol. The van der Waals surface area contributed by atoms with E-state index < -0.39 is 32.5 Å². The maximum atomic E-state index is 13.7. The van der Waals surface area contributed by atoms with Gasteiger partial charge in [0.2, 0.25) is 5.91 Å². The van der Waals surface area contributed by atoms with Crippen LogP contribution in [0.3, 0.4) is 0 Å². The first-order valence-corrected chi connectivity index (χ1v) is 15.8. The molecule has 0 unspecified atom stereocenters. The number of para-hydroxylation sites is 2. The Morgan fingerprint density at radius 3 is 2.02 bits per heavy atom. The number of hydrogen-bond acceptors (Lipinski definition) is 6. The number of carbonyl (C=O) groups is 1. The summed E-state index contributed by atoms with van der Waals surface area (Å²) in [5.74, 6) is -0.363. The Balaban J connectivity index is 1.56. The number of carbonyl (C=O) groups excluding carboxylic acids is 1. The SMILES string of the molecule is CCOc1ccccc1N(CC(=O)Nc1ccc(S(=O)(=O)Nc2ccc(C)cc2)cc1)S(=O)(=O)c1ccc(Cl)cc1. The molecule has 0 saturated heterocycles. The molecule has 0 heterocycles. The van der Waals surface area contributed by atoms with Gasteiger partial charge in [-0.2, -0.15) is 0 Å². The van der Waals surface area contributed by atoms with Gasteiger partial charge in [-0.05, 0) is 86.6 Å². The topological polar surface area (TPSA) is 122 Å². The summed E-state index contributed by atoms with van der Waals surface area (Å²) < 4.78 is 62.0. The van der Waals surface area contributed by atoms with Crippen molar-refractivity contribution in [1.29, 1.82) is 0 Å². The highest BCUT2D eigenvalue weighted by Crippen LogP contribution is 2.33. The van der Waals surface area contributed by atoms with Gasteiger partial charge >= 0.3 is 0 Å². The van der Waals surface area contributed by atoms with Gasteiger partial charge in [0.25, 0.3) is 20.0 Å². The van der Waals surface area contributed by atoms with E-state index in [1.54, 1.807) is 55.5 Å². The number of amides is 1. The maximum Gasteiger partial charge on any atom is 0.264 e. The molecule has 0 fully saturated rings. The minimum absolute atomic E-state index is 0.00587. The summed E-state index contributed by atoms with van der Waals surface area (Å²) in [4.78, 5) is 13.1. The average Bonchev–Trinajstić information content (AvgIpc) is 2.94. The summed E-state index contributed by atoms with van der Waals surface area (Å²) >= 11 is 5.95. The van der Waals surface area contributed by atoms with Crippen molar-refractivity contribution >= 4 is 54.6 Å². The Morgan fingerprint density at radius 1 is 0.805 bits per heavy atom. The molecule has 0 spiro atoms. The number of nitrogens with one attached hydrogen (secondary N) is 2. The molecule has 4 aromatic rings. The molecule has 12 heteroatoms. The molecule has 41 heavy (non-hydrogen) atoms. The molecule has 0 aliphatic carbocycles. The zero-order valence-corrected chi connectivity index (χ0v) is 24.6. The number of anilines is 3. The second-order valence-electron chi connectivity index (χ2n) is 8.91. The smallest absolute Gasteiger partial charge is 0.264 e. The Morgan fingerprint density at radius 2 is 1.39 bits per heavy atom. The lowest BCUT2D eigenvalue weighted by Crippen LogP contribution is -2.38. The van der Waals surface area contributed by atoms with Gasteiger partial charge < -0.3 is 10.1 Å². The van der Waals surface area contributed by atoms with Crippen molar-refractivity contribution in [2.24, 2.45) is 0 Å². The Bertz CT molecular complexity index is 1730. The molecule has 4 aromatic carbocycles. The highest BCUT2D eigenvalue weighted by molar-refractivity contribution is 7.93. The van der Waals surface area contributed by atoms with E-state index in [4.69, 9.17) is 16.3 Å². The lowest BCUT2D eigenvalue weighted by molar-refractivity contribution is -0.114. The summed E-state index contributed by atoms with van der Waals surface area (Å²) in [6, 6.07) is 24.6. The van der Waals surface area contributed by atoms with Crippen LogP contribution in [0.25, 0.3) is 0 Å². The molecule has 0 aliphatic rings. The van der Waals surface area contributed by atoms with Crippen LogP contribution in [0.15, 0.2) is 107 Å². The Kier molecular flexibility index (Phi) is 9.21. The van der Waals surface area contributed by atoms with Crippen molar-refractivity contribution in [2.45, 2.75) is 23.6 Å². The standard InChI is InChI=1S/C29H28ClN3O6S2/c1-3-39-28-7-5-4-6-27(28)33(41(37,38)26-16-10-22(30)11-17-26)20-29(34)31-23-14-18-25(19-15-23)40(35,36)32-24-12-8-21(2)9-13-24/h4-19,32H,3,20H2,1-2H3,(H,31,34). The van der Waals surface area contributed by atoms with Gasteiger partial charge in [0.05, 0.1) is 22.1 Å². The number of benzene rings is 4. The molecule has 0 radical (unpaired) electrons. The van der Waals surface area contributed by atoms with Crippen LogP contribution in [0.2, 0.25) is 5.02 Å². The highest BCUT2D eigenvalue weighted by atomic mass is 35.5. The fraction of sp³-hybridized carbons (Fsp3) is 0.138. The maximum absolute atomic E-state index is 13.7. The van der Waals surface area contributed by atoms with Crippen LogP contribution < -0.4 is 19.1 Å². The lowest BCUT2D eigenvalue weighted by atomic mass is 10.2. The molecule has 0 bridgehead atoms. The quantitative estimate of drug-likeness (QED) is 0.224. The van der Waals surface area contributed by atoms with E-state index in [1.165, 1.54) is 48.5 Å². The molecular weight excluding hydrogens is 586 g/mol. The van der Waals surface area contributed by atoms with Gasteiger partial charge in [0.15, 0.2) is 0 Å². The van der Waals surface area contributed by atoms with Crippen LogP contribution in [0.4, 0.5) is 17.1 Å². The molecule has 0 atom stereocenters. The first-order chi connectivity index (χ1) is 19.5. The largest absolute Gasteiger partial charge is 0.492 e. The van der Waals surface area contributed by atoms with Crippen LogP contribution >= 0.6 is 11.6 Å². The van der Waals surface area contributed by atoms with Crippen LogP contribution in [0, 0.1) is 6.92 Å². The minimum atomic E-state index is -4.21. The minimum Gasteiger partial charge on any atom is -0.492 e. The molecular formula is C29H28ClN3O6S2. The second-order valence-corrected chi connectivity index (χ2v) is 12.9. The number of ether oxygens (including phenoxy) is 1. The summed E-state index contributed by atoms with van der Waals surface area (Å²) in [5, 5.41) is 3.00. The van der Waals surface area contributed by atoms with Gasteiger partial charge in [-0.25, -0.2) is 16.8 Å². The van der Waals surface area contributed by atoms with Crippen LogP contribution in [0.1, 0.15) is 12.5 Å². The third kappa shape index (κ3) is 7.37. The molecule has 0 aromatic heterocycles. The number of aryl methyl sites for hydroxylation is 1. The van der Waals surface area contributed by atoms with E-state index in [-0.39, 0.29) is 33.5 Å². The van der Waals surface area contributed by atoms with E-state index in [2.05, 4.69) is 10.0 Å². The normalized spacial score (nSPS) is 11.5. The number of rotatable bonds is 11. The predicted octanol–water partition coefficient (Wildman–Crippen LogP) is 5.68. The van der Waals surface area contributed by atoms with E-state index in [9.17, 15) is 21.6 Å². The summed E-state index contributed by atoms with van der Waals surface area (Å²) in [7, 11) is -8.07. The van der Waals surface area contributed by atoms with E-state index >= 15 is 0 Å². The number of halogens is 1. The third-order valence-corrected chi connectivity index (χ3v) is 9.30. The molecule has 1 amide bonds. The second kappa shape index (κ2) is 12.6. The predicted molar refractivity (Wildman–Crippen MR) is 161 cm³/mol. The van der Waals surface area contributed by atoms with Crippen molar-refractivity contribution in [3.8, 4) is 5.75 Å². The van der Waals surface area contributed by atoms with Crippen molar-refractivity contribution in [1.82, 2.24) is 0 Å². The van der Waals surface area contributed by atoms with Gasteiger partial charge in [-0.1, -0.05) is 41.4 Å². The molecule has 4 rings (SSSR count). The fourth-order valence-electron chi connectivity index (χ4n) is 3.86. The van der Waals surface area contributed by atoms with Gasteiger partial charge in [0.1, 0.15) is 12.3 Å². The number of hydrogen-bond donors (Lipinski definition) is 2. The molecule has 0 aliphatic heterocycles. The zero-order chi connectivity index (χ0) is 29.6. The van der Waals surface area contributed by atoms with Crippen molar-refractivity contribution < 1.29 is 26.4 Å². The highest BCUT2D eigenvalue weighted by Gasteiger charge is 2.29. The van der Waals surface area contributed by atoms with E-state index in [1.807, 2.05) is 6.92 Å². The van der Waals surface area contributed by atoms with Crippen LogP contribution in [-0.4, -0.2) is 35.9 Å². The van der Waals surface area contributed by atoms with E-state index in [0.717, 1.165) is 9.87 Å². The van der Waals surface area contributed by atoms with Crippen molar-refractivity contribution in [2.75, 3.05) is 27.5 Å². The molecule has 9 nitrogen and oxygen atoms in total. The molecule has 0 saturated carbocycles. The summed E-state index contributed by atoms with van der Waals surface area (Å²) in [5.41, 5.74) is 1.88. The number of sulfonamides is 2. The Hall–Kier alpha value is -4.06. The van der Waals surface area contributed by atoms with Crippen LogP contribution in [-0.2, 0) is 24.8 Å². The van der Waals surface area contributed by atoms with Crippen molar-refractivity contribution in [3.05, 3.63) is 108 Å². The first-order valence-electron chi connectivity index (χ1n) is 12.5. The first kappa shape index (κ1) is 29.9. The van der Waals surface area contributed by atoms with Crippen molar-refractivity contribution in [3.63, 3.8) is 0 Å². The third-order valence-electron chi connectivity index (χ3n) is 5.87. The average molecular weight is 614 g/mol.